The highest BCUT2D eigenvalue weighted by Gasteiger charge is 2.31. The first-order valence-electron chi connectivity index (χ1n) is 11.3. The predicted molar refractivity (Wildman–Crippen MR) is 125 cm³/mol. The molecule has 0 spiro atoms. The zero-order valence-electron chi connectivity index (χ0n) is 18.9. The molecule has 0 aliphatic carbocycles. The van der Waals surface area contributed by atoms with Crippen LogP contribution >= 0.6 is 0 Å². The van der Waals surface area contributed by atoms with E-state index in [0.29, 0.717) is 13.1 Å². The van der Waals surface area contributed by atoms with Gasteiger partial charge in [-0.1, -0.05) is 60.7 Å². The average molecular weight is 434 g/mol. The van der Waals surface area contributed by atoms with Crippen LogP contribution in [0.1, 0.15) is 61.6 Å². The smallest absolute Gasteiger partial charge is 0.327 e. The highest BCUT2D eigenvalue weighted by atomic mass is 16.2. The fourth-order valence-corrected chi connectivity index (χ4v) is 4.50. The predicted octanol–water partition coefficient (Wildman–Crippen LogP) is 3.84. The molecule has 0 saturated carbocycles. The van der Waals surface area contributed by atoms with Crippen LogP contribution in [0.5, 0.6) is 0 Å². The van der Waals surface area contributed by atoms with Crippen molar-refractivity contribution in [2.45, 2.75) is 44.7 Å². The minimum atomic E-state index is -0.228. The Morgan fingerprint density at radius 1 is 1.03 bits per heavy atom. The monoisotopic (exact) mass is 433 g/mol. The number of piperidine rings is 1. The molecule has 1 aliphatic rings. The van der Waals surface area contributed by atoms with E-state index in [2.05, 4.69) is 10.4 Å². The number of hydrogen-bond donors (Lipinski definition) is 1. The summed E-state index contributed by atoms with van der Waals surface area (Å²) in [6, 6.07) is 19.7. The number of nitrogens with one attached hydrogen (secondary N) is 1. The molecule has 0 bridgehead atoms. The molecule has 168 valence electrons. The van der Waals surface area contributed by atoms with Crippen LogP contribution < -0.4 is 11.0 Å². The van der Waals surface area contributed by atoms with Gasteiger partial charge in [0.1, 0.15) is 5.82 Å². The first-order chi connectivity index (χ1) is 15.5. The summed E-state index contributed by atoms with van der Waals surface area (Å²) in [5.74, 6) is 0.811. The van der Waals surface area contributed by atoms with Crippen LogP contribution in [0.25, 0.3) is 0 Å². The Balaban J connectivity index is 1.55. The highest BCUT2D eigenvalue weighted by Crippen LogP contribution is 2.28. The summed E-state index contributed by atoms with van der Waals surface area (Å²) in [4.78, 5) is 27.7. The van der Waals surface area contributed by atoms with Gasteiger partial charge in [0.05, 0.1) is 6.04 Å². The first kappa shape index (κ1) is 21.9. The van der Waals surface area contributed by atoms with Gasteiger partial charge in [-0.15, -0.1) is 0 Å². The van der Waals surface area contributed by atoms with E-state index in [1.54, 1.807) is 11.6 Å². The standard InChI is InChI=1S/C25H31N5O2/c1-18(2)30-23(27-28(3)25(30)32)21-15-10-16-29(17-21)24(31)26-22(19-11-6-4-7-12-19)20-13-8-5-9-14-20/h4-9,11-14,18,21-22H,10,15-17H2,1-3H3,(H,26,31). The molecule has 1 fully saturated rings. The van der Waals surface area contributed by atoms with Gasteiger partial charge >= 0.3 is 11.7 Å². The molecule has 7 heteroatoms. The Labute approximate surface area is 188 Å². The lowest BCUT2D eigenvalue weighted by atomic mass is 9.96. The van der Waals surface area contributed by atoms with Gasteiger partial charge in [-0.2, -0.15) is 5.10 Å². The van der Waals surface area contributed by atoms with Gasteiger partial charge in [-0.05, 0) is 37.8 Å². The van der Waals surface area contributed by atoms with Gasteiger partial charge in [0.15, 0.2) is 0 Å². The Morgan fingerprint density at radius 2 is 1.62 bits per heavy atom. The minimum Gasteiger partial charge on any atom is -0.327 e. The molecule has 32 heavy (non-hydrogen) atoms. The van der Waals surface area contributed by atoms with E-state index in [-0.39, 0.29) is 29.7 Å². The third kappa shape index (κ3) is 4.47. The summed E-state index contributed by atoms with van der Waals surface area (Å²) in [6.45, 7) is 5.22. The lowest BCUT2D eigenvalue weighted by molar-refractivity contribution is 0.175. The maximum atomic E-state index is 13.3. The lowest BCUT2D eigenvalue weighted by Crippen LogP contribution is -2.46. The van der Waals surface area contributed by atoms with Crippen LogP contribution in [0.4, 0.5) is 4.79 Å². The van der Waals surface area contributed by atoms with Gasteiger partial charge < -0.3 is 10.2 Å². The van der Waals surface area contributed by atoms with Crippen molar-refractivity contribution in [3.8, 4) is 0 Å². The number of likely N-dealkylation sites (tertiary alicyclic amines) is 1. The molecule has 1 unspecified atom stereocenters. The van der Waals surface area contributed by atoms with E-state index in [1.165, 1.54) is 4.68 Å². The van der Waals surface area contributed by atoms with Crippen LogP contribution in [0.2, 0.25) is 0 Å². The van der Waals surface area contributed by atoms with Crippen molar-refractivity contribution < 1.29 is 4.79 Å². The van der Waals surface area contributed by atoms with E-state index in [9.17, 15) is 9.59 Å². The molecule has 4 rings (SSSR count). The Bertz CT molecular complexity index is 1060. The molecule has 7 nitrogen and oxygen atoms in total. The molecule has 1 saturated heterocycles. The highest BCUT2D eigenvalue weighted by molar-refractivity contribution is 5.75. The van der Waals surface area contributed by atoms with Crippen LogP contribution in [0, 0.1) is 0 Å². The van der Waals surface area contributed by atoms with Crippen LogP contribution in [-0.2, 0) is 7.05 Å². The third-order valence-corrected chi connectivity index (χ3v) is 6.11. The molecular weight excluding hydrogens is 402 g/mol. The SMILES string of the molecule is CC(C)n1c(C2CCCN(C(=O)NC(c3ccccc3)c3ccccc3)C2)nn(C)c1=O. The van der Waals surface area contributed by atoms with E-state index in [0.717, 1.165) is 29.8 Å². The van der Waals surface area contributed by atoms with Gasteiger partial charge in [0, 0.05) is 32.1 Å². The Morgan fingerprint density at radius 3 is 2.19 bits per heavy atom. The van der Waals surface area contributed by atoms with Crippen molar-refractivity contribution in [1.82, 2.24) is 24.6 Å². The fourth-order valence-electron chi connectivity index (χ4n) is 4.50. The van der Waals surface area contributed by atoms with Crippen LogP contribution in [0.3, 0.4) is 0 Å². The first-order valence-corrected chi connectivity index (χ1v) is 11.3. The molecule has 1 aromatic heterocycles. The second-order valence-corrected chi connectivity index (χ2v) is 8.72. The maximum Gasteiger partial charge on any atom is 0.345 e. The van der Waals surface area contributed by atoms with Gasteiger partial charge in [0.2, 0.25) is 0 Å². The summed E-state index contributed by atoms with van der Waals surface area (Å²) in [5, 5.41) is 7.75. The van der Waals surface area contributed by atoms with Crippen molar-refractivity contribution in [3.63, 3.8) is 0 Å². The van der Waals surface area contributed by atoms with Crippen molar-refractivity contribution in [1.29, 1.82) is 0 Å². The number of rotatable bonds is 5. The molecular formula is C25H31N5O2. The third-order valence-electron chi connectivity index (χ3n) is 6.11. The molecule has 1 N–H and O–H groups in total. The van der Waals surface area contributed by atoms with Crippen molar-refractivity contribution >= 4 is 6.03 Å². The van der Waals surface area contributed by atoms with Gasteiger partial charge in [0.25, 0.3) is 0 Å². The second-order valence-electron chi connectivity index (χ2n) is 8.72. The molecule has 2 heterocycles. The number of aromatic nitrogens is 3. The zero-order valence-corrected chi connectivity index (χ0v) is 18.9. The second kappa shape index (κ2) is 9.42. The molecule has 1 aliphatic heterocycles. The number of aryl methyl sites for hydroxylation is 1. The Kier molecular flexibility index (Phi) is 6.44. The number of nitrogens with zero attached hydrogens (tertiary/aromatic N) is 4. The quantitative estimate of drug-likeness (QED) is 0.664. The zero-order chi connectivity index (χ0) is 22.7. The topological polar surface area (TPSA) is 72.2 Å². The summed E-state index contributed by atoms with van der Waals surface area (Å²) >= 11 is 0. The Hall–Kier alpha value is -3.35. The number of hydrogen-bond acceptors (Lipinski definition) is 3. The number of carbonyl (C=O) groups is 1. The molecule has 1 atom stereocenters. The summed E-state index contributed by atoms with van der Waals surface area (Å²) in [7, 11) is 1.68. The summed E-state index contributed by atoms with van der Waals surface area (Å²) < 4.78 is 3.15. The van der Waals surface area contributed by atoms with E-state index < -0.39 is 0 Å². The minimum absolute atomic E-state index is 0.0240. The summed E-state index contributed by atoms with van der Waals surface area (Å²) in [6.07, 6.45) is 1.79. The fraction of sp³-hybridized carbons (Fsp3) is 0.400. The number of benzene rings is 2. The summed E-state index contributed by atoms with van der Waals surface area (Å²) in [5.41, 5.74) is 1.97. The van der Waals surface area contributed by atoms with Crippen LogP contribution in [0.15, 0.2) is 65.5 Å². The molecule has 3 aromatic rings. The van der Waals surface area contributed by atoms with E-state index in [1.807, 2.05) is 79.4 Å². The molecule has 2 amide bonds. The van der Waals surface area contributed by atoms with Crippen molar-refractivity contribution in [3.05, 3.63) is 88.1 Å². The molecule has 0 radical (unpaired) electrons. The van der Waals surface area contributed by atoms with Crippen molar-refractivity contribution in [2.75, 3.05) is 13.1 Å². The number of urea groups is 1. The van der Waals surface area contributed by atoms with Crippen molar-refractivity contribution in [2.24, 2.45) is 7.05 Å². The normalized spacial score (nSPS) is 16.5. The van der Waals surface area contributed by atoms with Crippen LogP contribution in [-0.4, -0.2) is 38.4 Å². The number of amides is 2. The van der Waals surface area contributed by atoms with Gasteiger partial charge in [-0.25, -0.2) is 14.3 Å². The van der Waals surface area contributed by atoms with E-state index in [4.69, 9.17) is 0 Å². The largest absolute Gasteiger partial charge is 0.345 e. The maximum absolute atomic E-state index is 13.3. The number of carbonyl (C=O) groups excluding carboxylic acids is 1. The molecule has 2 aromatic carbocycles. The average Bonchev–Trinajstić information content (AvgIpc) is 3.13. The lowest BCUT2D eigenvalue weighted by Gasteiger charge is -2.34. The van der Waals surface area contributed by atoms with Gasteiger partial charge in [-0.3, -0.25) is 4.57 Å². The van der Waals surface area contributed by atoms with E-state index >= 15 is 0 Å².